The van der Waals surface area contributed by atoms with E-state index in [2.05, 4.69) is 5.32 Å². The van der Waals surface area contributed by atoms with Gasteiger partial charge in [0.15, 0.2) is 0 Å². The van der Waals surface area contributed by atoms with Crippen LogP contribution in [0.15, 0.2) is 114 Å². The molecule has 1 aliphatic rings. The summed E-state index contributed by atoms with van der Waals surface area (Å²) in [4.78, 5) is 38.9. The summed E-state index contributed by atoms with van der Waals surface area (Å²) in [6.45, 7) is 0.423. The van der Waals surface area contributed by atoms with E-state index in [-0.39, 0.29) is 22.0 Å². The van der Waals surface area contributed by atoms with Gasteiger partial charge in [-0.15, -0.1) is 0 Å². The van der Waals surface area contributed by atoms with Crippen molar-refractivity contribution in [2.24, 2.45) is 0 Å². The molecule has 0 spiro atoms. The van der Waals surface area contributed by atoms with Gasteiger partial charge in [0.05, 0.1) is 11.3 Å². The molecule has 0 unspecified atom stereocenters. The number of carbonyl (C=O) groups excluding carboxylic acids is 3. The van der Waals surface area contributed by atoms with Gasteiger partial charge in [-0.2, -0.15) is 0 Å². The summed E-state index contributed by atoms with van der Waals surface area (Å²) in [6.07, 6.45) is 0. The van der Waals surface area contributed by atoms with E-state index < -0.39 is 23.6 Å². The Morgan fingerprint density at radius 2 is 1.44 bits per heavy atom. The van der Waals surface area contributed by atoms with Gasteiger partial charge in [0.1, 0.15) is 34.7 Å². The number of carbonyl (C=O) groups is 3. The topological polar surface area (TPSA) is 84.9 Å². The summed E-state index contributed by atoms with van der Waals surface area (Å²) < 4.78 is 24.4. The van der Waals surface area contributed by atoms with E-state index in [1.807, 2.05) is 30.3 Å². The quantitative estimate of drug-likeness (QED) is 0.165. The Morgan fingerprint density at radius 1 is 0.795 bits per heavy atom. The van der Waals surface area contributed by atoms with Crippen molar-refractivity contribution < 1.29 is 28.2 Å². The molecule has 4 aromatic carbocycles. The Hall–Kier alpha value is -4.95. The molecule has 0 saturated carbocycles. The third-order valence-corrected chi connectivity index (χ3v) is 6.14. The standard InChI is InChI=1S/C30H20ClFN2O5/c31-26-27(29(36)34(28(26)35)23-12-8-21(32)9-13-23)33-22-10-6-20(7-11-22)30(37)39-25-16-14-24(15-17-25)38-18-19-4-2-1-3-5-19/h1-17,33H,18H2. The van der Waals surface area contributed by atoms with Crippen molar-refractivity contribution in [1.82, 2.24) is 0 Å². The first-order chi connectivity index (χ1) is 18.9. The molecule has 0 fully saturated rings. The molecule has 7 nitrogen and oxygen atoms in total. The molecule has 2 amide bonds. The van der Waals surface area contributed by atoms with Crippen molar-refractivity contribution in [3.05, 3.63) is 131 Å². The van der Waals surface area contributed by atoms with Crippen LogP contribution in [0, 0.1) is 5.82 Å². The fraction of sp³-hybridized carbons (Fsp3) is 0.0333. The average molecular weight is 543 g/mol. The van der Waals surface area contributed by atoms with Crippen molar-refractivity contribution >= 4 is 40.8 Å². The highest BCUT2D eigenvalue weighted by Gasteiger charge is 2.39. The van der Waals surface area contributed by atoms with Gasteiger partial charge in [-0.25, -0.2) is 14.1 Å². The monoisotopic (exact) mass is 542 g/mol. The fourth-order valence-electron chi connectivity index (χ4n) is 3.78. The molecule has 0 saturated heterocycles. The highest BCUT2D eigenvalue weighted by molar-refractivity contribution is 6.53. The first-order valence-electron chi connectivity index (χ1n) is 11.8. The molecule has 0 aliphatic carbocycles. The Labute approximate surface area is 228 Å². The van der Waals surface area contributed by atoms with E-state index in [1.165, 1.54) is 24.3 Å². The van der Waals surface area contributed by atoms with Crippen molar-refractivity contribution in [3.63, 3.8) is 0 Å². The second kappa shape index (κ2) is 11.2. The Bertz CT molecular complexity index is 1550. The Morgan fingerprint density at radius 3 is 2.10 bits per heavy atom. The van der Waals surface area contributed by atoms with Gasteiger partial charge >= 0.3 is 5.97 Å². The van der Waals surface area contributed by atoms with Gasteiger partial charge in [-0.1, -0.05) is 41.9 Å². The maximum atomic E-state index is 13.2. The number of hydrogen-bond acceptors (Lipinski definition) is 6. The van der Waals surface area contributed by atoms with Gasteiger partial charge in [0, 0.05) is 5.69 Å². The summed E-state index contributed by atoms with van der Waals surface area (Å²) in [7, 11) is 0. The maximum Gasteiger partial charge on any atom is 0.343 e. The van der Waals surface area contributed by atoms with E-state index >= 15 is 0 Å². The normalized spacial score (nSPS) is 13.0. The lowest BCUT2D eigenvalue weighted by atomic mass is 10.2. The number of amides is 2. The molecule has 194 valence electrons. The molecule has 0 bridgehead atoms. The van der Waals surface area contributed by atoms with Gasteiger partial charge in [-0.3, -0.25) is 9.59 Å². The summed E-state index contributed by atoms with van der Waals surface area (Å²) in [6, 6.07) is 27.5. The summed E-state index contributed by atoms with van der Waals surface area (Å²) >= 11 is 6.13. The number of nitrogens with zero attached hydrogens (tertiary/aromatic N) is 1. The lowest BCUT2D eigenvalue weighted by Gasteiger charge is -2.15. The number of imide groups is 1. The van der Waals surface area contributed by atoms with Gasteiger partial charge in [-0.05, 0) is 78.4 Å². The molecule has 5 rings (SSSR count). The molecule has 0 atom stereocenters. The zero-order chi connectivity index (χ0) is 27.4. The van der Waals surface area contributed by atoms with Gasteiger partial charge < -0.3 is 14.8 Å². The number of esters is 1. The molecule has 0 radical (unpaired) electrons. The summed E-state index contributed by atoms with van der Waals surface area (Å²) in [5, 5.41) is 2.52. The van der Waals surface area contributed by atoms with Crippen LogP contribution in [0.5, 0.6) is 11.5 Å². The highest BCUT2D eigenvalue weighted by Crippen LogP contribution is 2.30. The third-order valence-electron chi connectivity index (χ3n) is 5.78. The van der Waals surface area contributed by atoms with E-state index in [0.717, 1.165) is 22.6 Å². The van der Waals surface area contributed by atoms with Gasteiger partial charge in [0.25, 0.3) is 11.8 Å². The van der Waals surface area contributed by atoms with Crippen molar-refractivity contribution in [1.29, 1.82) is 0 Å². The lowest BCUT2D eigenvalue weighted by Crippen LogP contribution is -2.32. The van der Waals surface area contributed by atoms with Crippen LogP contribution in [-0.4, -0.2) is 17.8 Å². The Kier molecular flexibility index (Phi) is 7.38. The molecule has 1 N–H and O–H groups in total. The zero-order valence-electron chi connectivity index (χ0n) is 20.3. The third kappa shape index (κ3) is 5.81. The maximum absolute atomic E-state index is 13.2. The lowest BCUT2D eigenvalue weighted by molar-refractivity contribution is -0.120. The van der Waals surface area contributed by atoms with Crippen LogP contribution in [0.25, 0.3) is 0 Å². The van der Waals surface area contributed by atoms with Crippen molar-refractivity contribution in [2.75, 3.05) is 10.2 Å². The minimum Gasteiger partial charge on any atom is -0.489 e. The number of ether oxygens (including phenoxy) is 2. The molecule has 9 heteroatoms. The first kappa shape index (κ1) is 25.7. The smallest absolute Gasteiger partial charge is 0.343 e. The van der Waals surface area contributed by atoms with Crippen molar-refractivity contribution in [2.45, 2.75) is 6.61 Å². The first-order valence-corrected chi connectivity index (χ1v) is 12.2. The molecular weight excluding hydrogens is 523 g/mol. The van der Waals surface area contributed by atoms with E-state index in [9.17, 15) is 18.8 Å². The number of anilines is 2. The second-order valence-electron chi connectivity index (χ2n) is 8.45. The fourth-order valence-corrected chi connectivity index (χ4v) is 3.99. The Balaban J connectivity index is 1.19. The minimum atomic E-state index is -0.729. The van der Waals surface area contributed by atoms with Crippen LogP contribution < -0.4 is 19.7 Å². The SMILES string of the molecule is O=C(Oc1ccc(OCc2ccccc2)cc1)c1ccc(NC2=C(Cl)C(=O)N(c3ccc(F)cc3)C2=O)cc1. The molecule has 39 heavy (non-hydrogen) atoms. The van der Waals surface area contributed by atoms with Crippen LogP contribution in [-0.2, 0) is 16.2 Å². The van der Waals surface area contributed by atoms with E-state index in [4.69, 9.17) is 21.1 Å². The minimum absolute atomic E-state index is 0.129. The molecule has 1 heterocycles. The van der Waals surface area contributed by atoms with E-state index in [1.54, 1.807) is 36.4 Å². The molecule has 1 aliphatic heterocycles. The molecule has 0 aromatic heterocycles. The number of benzene rings is 4. The summed E-state index contributed by atoms with van der Waals surface area (Å²) in [5.74, 6) is -1.50. The van der Waals surface area contributed by atoms with Crippen LogP contribution in [0.3, 0.4) is 0 Å². The van der Waals surface area contributed by atoms with Crippen LogP contribution in [0.4, 0.5) is 15.8 Å². The van der Waals surface area contributed by atoms with Crippen LogP contribution in [0.1, 0.15) is 15.9 Å². The largest absolute Gasteiger partial charge is 0.489 e. The predicted molar refractivity (Wildman–Crippen MR) is 144 cm³/mol. The van der Waals surface area contributed by atoms with Crippen LogP contribution in [0.2, 0.25) is 0 Å². The summed E-state index contributed by atoms with van der Waals surface area (Å²) in [5.41, 5.74) is 1.79. The van der Waals surface area contributed by atoms with Crippen LogP contribution >= 0.6 is 11.6 Å². The van der Waals surface area contributed by atoms with Gasteiger partial charge in [0.2, 0.25) is 0 Å². The second-order valence-corrected chi connectivity index (χ2v) is 8.83. The number of hydrogen-bond donors (Lipinski definition) is 1. The number of nitrogens with one attached hydrogen (secondary N) is 1. The zero-order valence-corrected chi connectivity index (χ0v) is 21.0. The highest BCUT2D eigenvalue weighted by atomic mass is 35.5. The van der Waals surface area contributed by atoms with E-state index in [0.29, 0.717) is 23.8 Å². The molecule has 4 aromatic rings. The average Bonchev–Trinajstić information content (AvgIpc) is 3.17. The number of rotatable bonds is 8. The van der Waals surface area contributed by atoms with Crippen molar-refractivity contribution in [3.8, 4) is 11.5 Å². The number of halogens is 2. The predicted octanol–water partition coefficient (Wildman–Crippen LogP) is 6.06. The molecular formula is C30H20ClFN2O5.